The lowest BCUT2D eigenvalue weighted by Gasteiger charge is -2.33. The maximum atomic E-state index is 12.7. The molecule has 1 aromatic heterocycles. The molecule has 2 heterocycles. The zero-order valence-electron chi connectivity index (χ0n) is 13.7. The fourth-order valence-corrected chi connectivity index (χ4v) is 3.28. The minimum absolute atomic E-state index is 0.0103. The molecule has 24 heavy (non-hydrogen) atoms. The minimum atomic E-state index is -3.96. The Morgan fingerprint density at radius 1 is 1.38 bits per heavy atom. The lowest BCUT2D eigenvalue weighted by molar-refractivity contribution is -0.0335. The van der Waals surface area contributed by atoms with E-state index < -0.39 is 15.1 Å². The first-order valence-corrected chi connectivity index (χ1v) is 9.59. The first-order valence-electron chi connectivity index (χ1n) is 8.05. The second-order valence-electron chi connectivity index (χ2n) is 6.57. The highest BCUT2D eigenvalue weighted by Crippen LogP contribution is 2.30. The van der Waals surface area contributed by atoms with Crippen LogP contribution in [0.25, 0.3) is 0 Å². The van der Waals surface area contributed by atoms with Crippen LogP contribution in [0.5, 0.6) is 0 Å². The van der Waals surface area contributed by atoms with Crippen molar-refractivity contribution in [1.82, 2.24) is 9.80 Å². The Morgan fingerprint density at radius 2 is 2.12 bits per heavy atom. The van der Waals surface area contributed by atoms with Gasteiger partial charge >= 0.3 is 0 Å². The molecule has 8 nitrogen and oxygen atoms in total. The molecule has 1 aliphatic heterocycles. The van der Waals surface area contributed by atoms with Gasteiger partial charge in [-0.2, -0.15) is 0 Å². The molecular formula is C15H23N3O5S. The molecule has 2 fully saturated rings. The van der Waals surface area contributed by atoms with Gasteiger partial charge in [0.05, 0.1) is 12.7 Å². The van der Waals surface area contributed by atoms with Gasteiger partial charge in [0.15, 0.2) is 5.76 Å². The lowest BCUT2D eigenvalue weighted by atomic mass is 10.2. The molecule has 1 aromatic rings. The van der Waals surface area contributed by atoms with Crippen molar-refractivity contribution in [2.24, 2.45) is 11.1 Å². The number of furan rings is 1. The smallest absolute Gasteiger partial charge is 0.289 e. The number of hydrogen-bond donors (Lipinski definition) is 1. The van der Waals surface area contributed by atoms with E-state index in [2.05, 4.69) is 4.90 Å². The Kier molecular flexibility index (Phi) is 4.95. The number of sulfonamides is 1. The van der Waals surface area contributed by atoms with Crippen molar-refractivity contribution in [2.75, 3.05) is 39.8 Å². The average Bonchev–Trinajstić information content (AvgIpc) is 3.16. The number of rotatable bonds is 6. The average molecular weight is 357 g/mol. The van der Waals surface area contributed by atoms with E-state index in [4.69, 9.17) is 14.3 Å². The van der Waals surface area contributed by atoms with Crippen LogP contribution in [0.1, 0.15) is 23.4 Å². The minimum Gasteiger partial charge on any atom is -0.438 e. The van der Waals surface area contributed by atoms with Crippen LogP contribution in [0.15, 0.2) is 21.6 Å². The van der Waals surface area contributed by atoms with Crippen molar-refractivity contribution in [3.63, 3.8) is 0 Å². The molecule has 0 bridgehead atoms. The standard InChI is InChI=1S/C15H23N3O5S/c1-17-6-7-22-12(9-17)10-18(8-11-2-3-11)15(19)13-4-5-14(23-13)24(16,20)21/h4-5,11-12H,2-3,6-10H2,1H3,(H2,16,20,21). The van der Waals surface area contributed by atoms with Gasteiger partial charge in [0.2, 0.25) is 5.09 Å². The third kappa shape index (κ3) is 4.35. The summed E-state index contributed by atoms with van der Waals surface area (Å²) in [5.74, 6) is 0.167. The monoisotopic (exact) mass is 357 g/mol. The summed E-state index contributed by atoms with van der Waals surface area (Å²) in [7, 11) is -1.93. The van der Waals surface area contributed by atoms with Gasteiger partial charge in [-0.15, -0.1) is 0 Å². The maximum absolute atomic E-state index is 12.7. The quantitative estimate of drug-likeness (QED) is 0.774. The predicted octanol–water partition coefficient (Wildman–Crippen LogP) is 0.110. The summed E-state index contributed by atoms with van der Waals surface area (Å²) in [5, 5.41) is 4.63. The molecule has 1 aliphatic carbocycles. The molecule has 134 valence electrons. The Hall–Kier alpha value is -1.42. The van der Waals surface area contributed by atoms with Gasteiger partial charge in [-0.25, -0.2) is 13.6 Å². The van der Waals surface area contributed by atoms with Gasteiger partial charge in [-0.3, -0.25) is 4.79 Å². The highest BCUT2D eigenvalue weighted by molar-refractivity contribution is 7.89. The molecule has 1 saturated heterocycles. The van der Waals surface area contributed by atoms with Gasteiger partial charge in [0.1, 0.15) is 0 Å². The molecule has 0 spiro atoms. The van der Waals surface area contributed by atoms with Crippen molar-refractivity contribution in [3.8, 4) is 0 Å². The Bertz CT molecular complexity index is 698. The molecule has 0 radical (unpaired) electrons. The maximum Gasteiger partial charge on any atom is 0.289 e. The first-order chi connectivity index (χ1) is 11.3. The van der Waals surface area contributed by atoms with E-state index in [0.29, 0.717) is 25.6 Å². The summed E-state index contributed by atoms with van der Waals surface area (Å²) < 4.78 is 33.5. The van der Waals surface area contributed by atoms with Crippen LogP contribution in [0.4, 0.5) is 0 Å². The highest BCUT2D eigenvalue weighted by Gasteiger charge is 2.31. The van der Waals surface area contributed by atoms with Crippen molar-refractivity contribution in [1.29, 1.82) is 0 Å². The number of likely N-dealkylation sites (N-methyl/N-ethyl adjacent to an activating group) is 1. The van der Waals surface area contributed by atoms with E-state index >= 15 is 0 Å². The molecule has 1 atom stereocenters. The Labute approximate surface area is 141 Å². The topological polar surface area (TPSA) is 106 Å². The molecule has 9 heteroatoms. The molecule has 1 saturated carbocycles. The Balaban J connectivity index is 1.72. The number of hydrogen-bond acceptors (Lipinski definition) is 6. The van der Waals surface area contributed by atoms with Crippen LogP contribution >= 0.6 is 0 Å². The summed E-state index contributed by atoms with van der Waals surface area (Å²) in [5.41, 5.74) is 0. The van der Waals surface area contributed by atoms with Crippen LogP contribution in [0.2, 0.25) is 0 Å². The van der Waals surface area contributed by atoms with Crippen molar-refractivity contribution < 1.29 is 22.4 Å². The SMILES string of the molecule is CN1CCOC(CN(CC2CC2)C(=O)c2ccc(S(N)(=O)=O)o2)C1. The van der Waals surface area contributed by atoms with Crippen LogP contribution in [0, 0.1) is 5.92 Å². The van der Waals surface area contributed by atoms with Crippen molar-refractivity contribution in [3.05, 3.63) is 17.9 Å². The van der Waals surface area contributed by atoms with E-state index in [1.807, 2.05) is 7.05 Å². The number of carbonyl (C=O) groups is 1. The molecule has 2 N–H and O–H groups in total. The summed E-state index contributed by atoms with van der Waals surface area (Å²) in [4.78, 5) is 16.6. The molecular weight excluding hydrogens is 334 g/mol. The molecule has 1 unspecified atom stereocenters. The van der Waals surface area contributed by atoms with Crippen LogP contribution in [0.3, 0.4) is 0 Å². The second-order valence-corrected chi connectivity index (χ2v) is 8.06. The van der Waals surface area contributed by atoms with E-state index in [-0.39, 0.29) is 17.8 Å². The van der Waals surface area contributed by atoms with Gasteiger partial charge in [0, 0.05) is 26.2 Å². The van der Waals surface area contributed by atoms with E-state index in [9.17, 15) is 13.2 Å². The molecule has 1 amide bonds. The number of nitrogens with two attached hydrogens (primary N) is 1. The number of carbonyl (C=O) groups excluding carboxylic acids is 1. The first kappa shape index (κ1) is 17.4. The number of morpholine rings is 1. The van der Waals surface area contributed by atoms with Gasteiger partial charge in [-0.05, 0) is 37.9 Å². The highest BCUT2D eigenvalue weighted by atomic mass is 32.2. The van der Waals surface area contributed by atoms with Crippen LogP contribution < -0.4 is 5.14 Å². The van der Waals surface area contributed by atoms with Gasteiger partial charge < -0.3 is 19.0 Å². The number of amides is 1. The fraction of sp³-hybridized carbons (Fsp3) is 0.667. The van der Waals surface area contributed by atoms with E-state index in [1.165, 1.54) is 12.1 Å². The third-order valence-electron chi connectivity index (χ3n) is 4.30. The molecule has 3 rings (SSSR count). The van der Waals surface area contributed by atoms with Crippen molar-refractivity contribution >= 4 is 15.9 Å². The predicted molar refractivity (Wildman–Crippen MR) is 85.9 cm³/mol. The van der Waals surface area contributed by atoms with Crippen LogP contribution in [-0.2, 0) is 14.8 Å². The van der Waals surface area contributed by atoms with Crippen LogP contribution in [-0.4, -0.2) is 70.1 Å². The number of ether oxygens (including phenoxy) is 1. The third-order valence-corrected chi connectivity index (χ3v) is 5.08. The van der Waals surface area contributed by atoms with Gasteiger partial charge in [0.25, 0.3) is 15.9 Å². The molecule has 2 aliphatic rings. The van der Waals surface area contributed by atoms with E-state index in [1.54, 1.807) is 4.90 Å². The Morgan fingerprint density at radius 3 is 2.71 bits per heavy atom. The lowest BCUT2D eigenvalue weighted by Crippen LogP contribution is -2.48. The summed E-state index contributed by atoms with van der Waals surface area (Å²) in [6.45, 7) is 3.37. The summed E-state index contributed by atoms with van der Waals surface area (Å²) in [6.07, 6.45) is 2.16. The number of nitrogens with zero attached hydrogens (tertiary/aromatic N) is 2. The zero-order valence-corrected chi connectivity index (χ0v) is 14.5. The largest absolute Gasteiger partial charge is 0.438 e. The number of primary sulfonamides is 1. The second kappa shape index (κ2) is 6.83. The van der Waals surface area contributed by atoms with Crippen molar-refractivity contribution in [2.45, 2.75) is 24.0 Å². The fourth-order valence-electron chi connectivity index (χ4n) is 2.82. The summed E-state index contributed by atoms with van der Waals surface area (Å²) in [6, 6.07) is 2.57. The normalized spacial score (nSPS) is 22.5. The van der Waals surface area contributed by atoms with E-state index in [0.717, 1.165) is 25.9 Å². The summed E-state index contributed by atoms with van der Waals surface area (Å²) >= 11 is 0. The molecule has 0 aromatic carbocycles. The van der Waals surface area contributed by atoms with Gasteiger partial charge in [-0.1, -0.05) is 0 Å². The zero-order chi connectivity index (χ0) is 17.3.